The third-order valence-electron chi connectivity index (χ3n) is 3.76. The highest BCUT2D eigenvalue weighted by atomic mass is 16.3. The number of carbonyl (C=O) groups is 1. The number of hydrogen-bond acceptors (Lipinski definition) is 6. The fourth-order valence-corrected chi connectivity index (χ4v) is 2.46. The number of aromatic nitrogens is 4. The molecule has 0 saturated carbocycles. The molecule has 4 aromatic rings. The van der Waals surface area contributed by atoms with Gasteiger partial charge in [0.2, 0.25) is 11.8 Å². The Labute approximate surface area is 149 Å². The van der Waals surface area contributed by atoms with Crippen molar-refractivity contribution < 1.29 is 9.21 Å². The van der Waals surface area contributed by atoms with E-state index < -0.39 is 0 Å². The Kier molecular flexibility index (Phi) is 4.26. The molecule has 0 fully saturated rings. The summed E-state index contributed by atoms with van der Waals surface area (Å²) in [5.41, 5.74) is 1.54. The minimum Gasteiger partial charge on any atom is -0.461 e. The van der Waals surface area contributed by atoms with Crippen LogP contribution in [-0.2, 0) is 6.54 Å². The first-order valence-electron chi connectivity index (χ1n) is 8.05. The van der Waals surface area contributed by atoms with Gasteiger partial charge in [0, 0.05) is 24.5 Å². The number of benzene rings is 1. The number of rotatable bonds is 5. The number of nitrogens with one attached hydrogen (secondary N) is 1. The van der Waals surface area contributed by atoms with E-state index in [1.807, 2.05) is 30.3 Å². The predicted octanol–water partition coefficient (Wildman–Crippen LogP) is 3.23. The number of pyridine rings is 1. The molecule has 3 heterocycles. The Balaban J connectivity index is 1.67. The molecule has 128 valence electrons. The molecule has 0 spiro atoms. The molecule has 0 radical (unpaired) electrons. The molecule has 4 rings (SSSR count). The molecule has 0 aliphatic carbocycles. The Bertz CT molecular complexity index is 995. The summed E-state index contributed by atoms with van der Waals surface area (Å²) in [6.07, 6.45) is 4.97. The molecule has 7 nitrogen and oxygen atoms in total. The molecule has 0 atom stereocenters. The molecule has 0 aliphatic heterocycles. The van der Waals surface area contributed by atoms with Crippen molar-refractivity contribution in [2.75, 3.05) is 5.32 Å². The van der Waals surface area contributed by atoms with E-state index in [2.05, 4.69) is 20.4 Å². The topological polar surface area (TPSA) is 85.8 Å². The Hall–Kier alpha value is -3.74. The predicted molar refractivity (Wildman–Crippen MR) is 95.5 cm³/mol. The number of anilines is 1. The minimum absolute atomic E-state index is 0.270. The lowest BCUT2D eigenvalue weighted by atomic mass is 10.2. The summed E-state index contributed by atoms with van der Waals surface area (Å²) in [5, 5.41) is 7.49. The van der Waals surface area contributed by atoms with Crippen LogP contribution in [0.2, 0.25) is 0 Å². The van der Waals surface area contributed by atoms with Gasteiger partial charge in [-0.25, -0.2) is 0 Å². The van der Waals surface area contributed by atoms with Gasteiger partial charge < -0.3 is 9.73 Å². The average Bonchev–Trinajstić information content (AvgIpc) is 3.37. The maximum Gasteiger partial charge on any atom is 0.281 e. The van der Waals surface area contributed by atoms with Gasteiger partial charge in [-0.15, -0.1) is 5.10 Å². The number of nitrogens with zero attached hydrogens (tertiary/aromatic N) is 4. The maximum absolute atomic E-state index is 12.8. The first kappa shape index (κ1) is 15.8. The van der Waals surface area contributed by atoms with E-state index in [0.717, 1.165) is 5.56 Å². The van der Waals surface area contributed by atoms with Crippen LogP contribution in [0.5, 0.6) is 0 Å². The molecule has 0 unspecified atom stereocenters. The van der Waals surface area contributed by atoms with Crippen LogP contribution in [0.1, 0.15) is 15.9 Å². The molecule has 7 heteroatoms. The summed E-state index contributed by atoms with van der Waals surface area (Å²) in [5.74, 6) is 0.920. The van der Waals surface area contributed by atoms with E-state index in [0.29, 0.717) is 29.6 Å². The third-order valence-corrected chi connectivity index (χ3v) is 3.76. The van der Waals surface area contributed by atoms with Gasteiger partial charge in [0.1, 0.15) is 0 Å². The molecular formula is C19H15N5O2. The standard InChI is InChI=1S/C19H15N5O2/c25-18(15-5-2-1-3-6-15)24-19(21-13-14-8-10-20-11-9-14)22-17(23-24)16-7-4-12-26-16/h1-12H,13H2,(H,21,22,23). The van der Waals surface area contributed by atoms with Crippen LogP contribution < -0.4 is 5.32 Å². The number of hydrogen-bond donors (Lipinski definition) is 1. The molecular weight excluding hydrogens is 330 g/mol. The second-order valence-corrected chi connectivity index (χ2v) is 5.53. The van der Waals surface area contributed by atoms with Gasteiger partial charge in [0.25, 0.3) is 5.91 Å². The number of carbonyl (C=O) groups excluding carboxylic acids is 1. The smallest absolute Gasteiger partial charge is 0.281 e. The van der Waals surface area contributed by atoms with Crippen molar-refractivity contribution in [2.24, 2.45) is 0 Å². The van der Waals surface area contributed by atoms with Crippen molar-refractivity contribution in [1.29, 1.82) is 0 Å². The summed E-state index contributed by atoms with van der Waals surface area (Å²) in [7, 11) is 0. The normalized spacial score (nSPS) is 10.6. The summed E-state index contributed by atoms with van der Waals surface area (Å²) >= 11 is 0. The first-order chi connectivity index (χ1) is 12.8. The molecule has 0 amide bonds. The molecule has 1 N–H and O–H groups in total. The van der Waals surface area contributed by atoms with Gasteiger partial charge >= 0.3 is 0 Å². The SMILES string of the molecule is O=C(c1ccccc1)n1nc(-c2ccco2)nc1NCc1ccncc1. The van der Waals surface area contributed by atoms with Crippen LogP contribution in [0.3, 0.4) is 0 Å². The van der Waals surface area contributed by atoms with E-state index in [4.69, 9.17) is 4.42 Å². The molecule has 0 bridgehead atoms. The largest absolute Gasteiger partial charge is 0.461 e. The van der Waals surface area contributed by atoms with Gasteiger partial charge in [0.15, 0.2) is 5.76 Å². The van der Waals surface area contributed by atoms with E-state index in [-0.39, 0.29) is 5.91 Å². The van der Waals surface area contributed by atoms with Crippen molar-refractivity contribution in [3.63, 3.8) is 0 Å². The lowest BCUT2D eigenvalue weighted by Crippen LogP contribution is -2.17. The highest BCUT2D eigenvalue weighted by molar-refractivity contribution is 5.97. The molecule has 1 aromatic carbocycles. The van der Waals surface area contributed by atoms with Gasteiger partial charge in [-0.05, 0) is 42.0 Å². The summed E-state index contributed by atoms with van der Waals surface area (Å²) in [6.45, 7) is 0.487. The average molecular weight is 345 g/mol. The van der Waals surface area contributed by atoms with Crippen molar-refractivity contribution in [2.45, 2.75) is 6.54 Å². The molecule has 26 heavy (non-hydrogen) atoms. The Morgan fingerprint density at radius 1 is 1.04 bits per heavy atom. The van der Waals surface area contributed by atoms with Gasteiger partial charge in [-0.3, -0.25) is 9.78 Å². The van der Waals surface area contributed by atoms with Crippen molar-refractivity contribution in [3.8, 4) is 11.6 Å². The van der Waals surface area contributed by atoms with E-state index in [9.17, 15) is 4.79 Å². The fourth-order valence-electron chi connectivity index (χ4n) is 2.46. The van der Waals surface area contributed by atoms with Gasteiger partial charge in [-0.2, -0.15) is 9.67 Å². The second kappa shape index (κ2) is 7.02. The Morgan fingerprint density at radius 3 is 2.58 bits per heavy atom. The van der Waals surface area contributed by atoms with Crippen molar-refractivity contribution >= 4 is 11.9 Å². The van der Waals surface area contributed by atoms with Gasteiger partial charge in [-0.1, -0.05) is 18.2 Å². The van der Waals surface area contributed by atoms with Crippen LogP contribution in [0.15, 0.2) is 77.7 Å². The van der Waals surface area contributed by atoms with Crippen LogP contribution in [0.25, 0.3) is 11.6 Å². The lowest BCUT2D eigenvalue weighted by molar-refractivity contribution is 0.0947. The van der Waals surface area contributed by atoms with Crippen molar-refractivity contribution in [3.05, 3.63) is 84.4 Å². The van der Waals surface area contributed by atoms with E-state index in [1.54, 1.807) is 42.9 Å². The summed E-state index contributed by atoms with van der Waals surface area (Å²) in [4.78, 5) is 21.3. The highest BCUT2D eigenvalue weighted by Gasteiger charge is 2.19. The number of furan rings is 1. The van der Waals surface area contributed by atoms with Crippen LogP contribution in [0, 0.1) is 0 Å². The zero-order valence-corrected chi connectivity index (χ0v) is 13.7. The molecule has 3 aromatic heterocycles. The van der Waals surface area contributed by atoms with E-state index >= 15 is 0 Å². The van der Waals surface area contributed by atoms with Crippen LogP contribution in [0.4, 0.5) is 5.95 Å². The van der Waals surface area contributed by atoms with Crippen molar-refractivity contribution in [1.82, 2.24) is 19.7 Å². The van der Waals surface area contributed by atoms with Crippen LogP contribution in [-0.4, -0.2) is 25.7 Å². The summed E-state index contributed by atoms with van der Waals surface area (Å²) in [6, 6.07) is 16.2. The van der Waals surface area contributed by atoms with Gasteiger partial charge in [0.05, 0.1) is 6.26 Å². The quantitative estimate of drug-likeness (QED) is 0.598. The lowest BCUT2D eigenvalue weighted by Gasteiger charge is -2.07. The third kappa shape index (κ3) is 3.23. The molecule has 0 saturated heterocycles. The Morgan fingerprint density at radius 2 is 1.85 bits per heavy atom. The first-order valence-corrected chi connectivity index (χ1v) is 8.05. The van der Waals surface area contributed by atoms with E-state index in [1.165, 1.54) is 4.68 Å². The highest BCUT2D eigenvalue weighted by Crippen LogP contribution is 2.19. The fraction of sp³-hybridized carbons (Fsp3) is 0.0526. The molecule has 0 aliphatic rings. The second-order valence-electron chi connectivity index (χ2n) is 5.53. The van der Waals surface area contributed by atoms with Crippen LogP contribution >= 0.6 is 0 Å². The minimum atomic E-state index is -0.270. The maximum atomic E-state index is 12.8. The zero-order valence-electron chi connectivity index (χ0n) is 13.7. The zero-order chi connectivity index (χ0) is 17.8. The monoisotopic (exact) mass is 345 g/mol. The summed E-state index contributed by atoms with van der Waals surface area (Å²) < 4.78 is 6.61.